The lowest BCUT2D eigenvalue weighted by atomic mass is 10.1. The minimum Gasteiger partial charge on any atom is -0.453 e. The molecule has 1 aliphatic rings. The monoisotopic (exact) mass is 333 g/mol. The highest BCUT2D eigenvalue weighted by Gasteiger charge is 2.28. The first kappa shape index (κ1) is 16.3. The number of aromatic nitrogens is 1. The van der Waals surface area contributed by atoms with E-state index in [1.165, 1.54) is 18.3 Å². The van der Waals surface area contributed by atoms with E-state index in [0.29, 0.717) is 11.3 Å². The maximum absolute atomic E-state index is 14.1. The Morgan fingerprint density at radius 2 is 2.29 bits per heavy atom. The second-order valence-electron chi connectivity index (χ2n) is 5.57. The van der Waals surface area contributed by atoms with E-state index in [0.717, 1.165) is 0 Å². The predicted molar refractivity (Wildman–Crippen MR) is 83.9 cm³/mol. The highest BCUT2D eigenvalue weighted by atomic mass is 19.1. The van der Waals surface area contributed by atoms with Crippen molar-refractivity contribution in [2.45, 2.75) is 25.2 Å². The smallest absolute Gasteiger partial charge is 0.237 e. The van der Waals surface area contributed by atoms with Crippen LogP contribution in [0.3, 0.4) is 0 Å². The van der Waals surface area contributed by atoms with Crippen molar-refractivity contribution in [3.05, 3.63) is 54.1 Å². The predicted octanol–water partition coefficient (Wildman–Crippen LogP) is 2.33. The molecule has 2 atom stereocenters. The number of carbonyl (C=O) groups excluding carboxylic acids is 1. The highest BCUT2D eigenvalue weighted by molar-refractivity contribution is 5.82. The van der Waals surface area contributed by atoms with Crippen molar-refractivity contribution in [1.29, 1.82) is 0 Å². The third-order valence-electron chi connectivity index (χ3n) is 3.72. The molecule has 2 aromatic rings. The van der Waals surface area contributed by atoms with Gasteiger partial charge in [-0.05, 0) is 29.8 Å². The van der Waals surface area contributed by atoms with Gasteiger partial charge in [0, 0.05) is 25.7 Å². The molecule has 2 heterocycles. The molecule has 3 rings (SSSR count). The fraction of sp³-hybridized carbons (Fsp3) is 0.294. The number of alkyl halides is 1. The summed E-state index contributed by atoms with van der Waals surface area (Å²) >= 11 is 0. The minimum absolute atomic E-state index is 0.0795. The third-order valence-corrected chi connectivity index (χ3v) is 3.72. The fourth-order valence-electron chi connectivity index (χ4n) is 2.48. The number of hydrogen-bond acceptors (Lipinski definition) is 4. The van der Waals surface area contributed by atoms with Gasteiger partial charge in [-0.1, -0.05) is 6.07 Å². The molecule has 1 aromatic heterocycles. The molecular weight excluding hydrogens is 316 g/mol. The van der Waals surface area contributed by atoms with Gasteiger partial charge in [0.25, 0.3) is 0 Å². The van der Waals surface area contributed by atoms with Crippen LogP contribution in [0.5, 0.6) is 11.5 Å². The molecule has 1 saturated heterocycles. The first-order valence-corrected chi connectivity index (χ1v) is 7.63. The molecule has 1 aromatic carbocycles. The lowest BCUT2D eigenvalue weighted by molar-refractivity contribution is -0.123. The summed E-state index contributed by atoms with van der Waals surface area (Å²) < 4.78 is 32.6. The van der Waals surface area contributed by atoms with E-state index in [1.807, 2.05) is 0 Å². The average Bonchev–Trinajstić information content (AvgIpc) is 3.02. The van der Waals surface area contributed by atoms with Crippen molar-refractivity contribution in [1.82, 2.24) is 15.6 Å². The fourth-order valence-corrected chi connectivity index (χ4v) is 2.48. The van der Waals surface area contributed by atoms with Crippen molar-refractivity contribution in [2.75, 3.05) is 6.54 Å². The Morgan fingerprint density at radius 1 is 1.42 bits per heavy atom. The van der Waals surface area contributed by atoms with Gasteiger partial charge in [0.1, 0.15) is 11.9 Å². The van der Waals surface area contributed by atoms with Gasteiger partial charge in [0.15, 0.2) is 11.6 Å². The van der Waals surface area contributed by atoms with Crippen LogP contribution >= 0.6 is 0 Å². The van der Waals surface area contributed by atoms with Gasteiger partial charge >= 0.3 is 0 Å². The van der Waals surface area contributed by atoms with E-state index in [4.69, 9.17) is 4.74 Å². The summed E-state index contributed by atoms with van der Waals surface area (Å²) in [5.74, 6) is -0.305. The van der Waals surface area contributed by atoms with Crippen molar-refractivity contribution < 1.29 is 18.3 Å². The topological polar surface area (TPSA) is 63.2 Å². The lowest BCUT2D eigenvalue weighted by Gasteiger charge is -2.12. The first-order valence-electron chi connectivity index (χ1n) is 7.63. The Balaban J connectivity index is 1.57. The molecule has 24 heavy (non-hydrogen) atoms. The summed E-state index contributed by atoms with van der Waals surface area (Å²) in [6, 6.07) is 7.29. The van der Waals surface area contributed by atoms with Gasteiger partial charge < -0.3 is 15.4 Å². The third kappa shape index (κ3) is 4.05. The van der Waals surface area contributed by atoms with Crippen LogP contribution in [-0.4, -0.2) is 29.6 Å². The molecule has 1 amide bonds. The maximum Gasteiger partial charge on any atom is 0.237 e. The van der Waals surface area contributed by atoms with Crippen LogP contribution in [0.15, 0.2) is 42.7 Å². The summed E-state index contributed by atoms with van der Waals surface area (Å²) in [5.41, 5.74) is 0.592. The number of ether oxygens (including phenoxy) is 1. The molecule has 126 valence electrons. The van der Waals surface area contributed by atoms with E-state index in [2.05, 4.69) is 15.6 Å². The summed E-state index contributed by atoms with van der Waals surface area (Å²) in [6.45, 7) is 0.352. The number of pyridine rings is 1. The van der Waals surface area contributed by atoms with Gasteiger partial charge in [-0.15, -0.1) is 0 Å². The molecule has 0 spiro atoms. The highest BCUT2D eigenvalue weighted by Crippen LogP contribution is 2.24. The molecular formula is C17H17F2N3O2. The summed E-state index contributed by atoms with van der Waals surface area (Å²) in [6.07, 6.45) is 2.25. The summed E-state index contributed by atoms with van der Waals surface area (Å²) in [4.78, 5) is 15.8. The number of rotatable bonds is 5. The Bertz CT molecular complexity index is 712. The number of amides is 1. The van der Waals surface area contributed by atoms with Crippen molar-refractivity contribution in [2.24, 2.45) is 0 Å². The van der Waals surface area contributed by atoms with Gasteiger partial charge in [-0.25, -0.2) is 8.78 Å². The number of carbonyl (C=O) groups is 1. The van der Waals surface area contributed by atoms with Crippen molar-refractivity contribution in [3.63, 3.8) is 0 Å². The largest absolute Gasteiger partial charge is 0.453 e. The van der Waals surface area contributed by atoms with Crippen LogP contribution in [0.25, 0.3) is 0 Å². The first-order chi connectivity index (χ1) is 11.6. The van der Waals surface area contributed by atoms with Crippen LogP contribution < -0.4 is 15.4 Å². The number of halogens is 2. The molecule has 2 N–H and O–H groups in total. The zero-order chi connectivity index (χ0) is 16.9. The number of nitrogens with one attached hydrogen (secondary N) is 2. The Labute approximate surface area is 138 Å². The van der Waals surface area contributed by atoms with E-state index in [9.17, 15) is 13.6 Å². The molecule has 0 saturated carbocycles. The standard InChI is InChI=1S/C17H17F2N3O2/c18-12-7-15(21-9-12)17(23)22-8-11-3-4-16(14(19)6-11)24-13-2-1-5-20-10-13/h1-6,10,12,15,21H,7-9H2,(H,22,23)/t12-,15+/m0/s1. The molecule has 0 radical (unpaired) electrons. The summed E-state index contributed by atoms with van der Waals surface area (Å²) in [7, 11) is 0. The molecule has 5 nitrogen and oxygen atoms in total. The van der Waals surface area contributed by atoms with Gasteiger partial charge in [0.2, 0.25) is 5.91 Å². The molecule has 0 unspecified atom stereocenters. The van der Waals surface area contributed by atoms with Crippen molar-refractivity contribution >= 4 is 5.91 Å². The SMILES string of the molecule is O=C(NCc1ccc(Oc2cccnc2)c(F)c1)[C@H]1C[C@H](F)CN1. The molecule has 0 bridgehead atoms. The van der Waals surface area contributed by atoms with Gasteiger partial charge in [-0.2, -0.15) is 0 Å². The maximum atomic E-state index is 14.1. The lowest BCUT2D eigenvalue weighted by Crippen LogP contribution is -2.40. The van der Waals surface area contributed by atoms with E-state index in [1.54, 1.807) is 24.4 Å². The summed E-state index contributed by atoms with van der Waals surface area (Å²) in [5, 5.41) is 5.48. The molecule has 7 heteroatoms. The number of hydrogen-bond donors (Lipinski definition) is 2. The van der Waals surface area contributed by atoms with Crippen LogP contribution in [0, 0.1) is 5.82 Å². The average molecular weight is 333 g/mol. The Morgan fingerprint density at radius 3 is 2.96 bits per heavy atom. The number of benzene rings is 1. The molecule has 1 fully saturated rings. The van der Waals surface area contributed by atoms with Crippen LogP contribution in [0.4, 0.5) is 8.78 Å². The number of nitrogens with zero attached hydrogens (tertiary/aromatic N) is 1. The van der Waals surface area contributed by atoms with E-state index < -0.39 is 18.0 Å². The van der Waals surface area contributed by atoms with Crippen LogP contribution in [-0.2, 0) is 11.3 Å². The minimum atomic E-state index is -0.998. The Kier molecular flexibility index (Phi) is 5.00. The normalized spacial score (nSPS) is 19.9. The van der Waals surface area contributed by atoms with Crippen LogP contribution in [0.2, 0.25) is 0 Å². The second-order valence-corrected chi connectivity index (χ2v) is 5.57. The molecule has 0 aliphatic carbocycles. The van der Waals surface area contributed by atoms with Crippen molar-refractivity contribution in [3.8, 4) is 11.5 Å². The van der Waals surface area contributed by atoms with Gasteiger partial charge in [0.05, 0.1) is 12.2 Å². The van der Waals surface area contributed by atoms with Crippen LogP contribution in [0.1, 0.15) is 12.0 Å². The zero-order valence-corrected chi connectivity index (χ0v) is 12.8. The van der Waals surface area contributed by atoms with E-state index in [-0.39, 0.29) is 31.2 Å². The zero-order valence-electron chi connectivity index (χ0n) is 12.8. The molecule has 1 aliphatic heterocycles. The second kappa shape index (κ2) is 7.35. The Hall–Kier alpha value is -2.54. The quantitative estimate of drug-likeness (QED) is 0.881. The van der Waals surface area contributed by atoms with E-state index >= 15 is 0 Å². The van der Waals surface area contributed by atoms with Gasteiger partial charge in [-0.3, -0.25) is 9.78 Å².